The third-order valence-electron chi connectivity index (χ3n) is 3.57. The van der Waals surface area contributed by atoms with E-state index in [4.69, 9.17) is 4.98 Å². The average Bonchev–Trinajstić information content (AvgIpc) is 2.46. The van der Waals surface area contributed by atoms with E-state index in [-0.39, 0.29) is 0 Å². The highest BCUT2D eigenvalue weighted by atomic mass is 14.9. The van der Waals surface area contributed by atoms with Gasteiger partial charge in [0.2, 0.25) is 0 Å². The summed E-state index contributed by atoms with van der Waals surface area (Å²) in [6.07, 6.45) is 2.46. The van der Waals surface area contributed by atoms with E-state index >= 15 is 0 Å². The van der Waals surface area contributed by atoms with Crippen molar-refractivity contribution in [2.45, 2.75) is 40.2 Å². The number of pyridine rings is 1. The SMILES string of the molecule is CCCCNCc1ccc(-c2ccc(C)cc2)nc1C. The van der Waals surface area contributed by atoms with Gasteiger partial charge in [-0.3, -0.25) is 4.98 Å². The Kier molecular flexibility index (Phi) is 5.31. The number of aromatic nitrogens is 1. The maximum absolute atomic E-state index is 4.73. The number of hydrogen-bond acceptors (Lipinski definition) is 2. The summed E-state index contributed by atoms with van der Waals surface area (Å²) in [5.74, 6) is 0. The Morgan fingerprint density at radius 1 is 1.00 bits per heavy atom. The molecule has 2 rings (SSSR count). The molecule has 2 aromatic rings. The van der Waals surface area contributed by atoms with E-state index in [1.807, 2.05) is 0 Å². The van der Waals surface area contributed by atoms with Gasteiger partial charge in [0.1, 0.15) is 0 Å². The molecule has 1 aromatic heterocycles. The number of aryl methyl sites for hydroxylation is 2. The molecule has 0 aliphatic carbocycles. The van der Waals surface area contributed by atoms with Gasteiger partial charge in [0, 0.05) is 17.8 Å². The number of rotatable bonds is 6. The Morgan fingerprint density at radius 2 is 1.75 bits per heavy atom. The van der Waals surface area contributed by atoms with Crippen LogP contribution in [0.2, 0.25) is 0 Å². The van der Waals surface area contributed by atoms with E-state index in [0.29, 0.717) is 0 Å². The molecule has 0 fully saturated rings. The highest BCUT2D eigenvalue weighted by Gasteiger charge is 2.03. The van der Waals surface area contributed by atoms with Gasteiger partial charge in [0.15, 0.2) is 0 Å². The first-order chi connectivity index (χ1) is 9.70. The van der Waals surface area contributed by atoms with Crippen LogP contribution in [0, 0.1) is 13.8 Å². The Morgan fingerprint density at radius 3 is 2.40 bits per heavy atom. The van der Waals surface area contributed by atoms with Gasteiger partial charge in [0.05, 0.1) is 5.69 Å². The zero-order chi connectivity index (χ0) is 14.4. The minimum atomic E-state index is 0.910. The van der Waals surface area contributed by atoms with Crippen LogP contribution in [0.3, 0.4) is 0 Å². The lowest BCUT2D eigenvalue weighted by Gasteiger charge is -2.09. The second-order valence-electron chi connectivity index (χ2n) is 5.34. The molecule has 0 aliphatic heterocycles. The van der Waals surface area contributed by atoms with E-state index in [9.17, 15) is 0 Å². The van der Waals surface area contributed by atoms with Crippen LogP contribution in [-0.4, -0.2) is 11.5 Å². The highest BCUT2D eigenvalue weighted by molar-refractivity contribution is 5.60. The Hall–Kier alpha value is -1.67. The normalized spacial score (nSPS) is 10.8. The summed E-state index contributed by atoms with van der Waals surface area (Å²) in [6, 6.07) is 12.8. The van der Waals surface area contributed by atoms with Gasteiger partial charge >= 0.3 is 0 Å². The van der Waals surface area contributed by atoms with Gasteiger partial charge in [-0.1, -0.05) is 49.2 Å². The average molecular weight is 268 g/mol. The summed E-state index contributed by atoms with van der Waals surface area (Å²) in [5.41, 5.74) is 5.93. The van der Waals surface area contributed by atoms with E-state index in [1.54, 1.807) is 0 Å². The van der Waals surface area contributed by atoms with E-state index in [0.717, 1.165) is 24.5 Å². The van der Waals surface area contributed by atoms with Crippen molar-refractivity contribution in [3.05, 3.63) is 53.2 Å². The predicted molar refractivity (Wildman–Crippen MR) is 85.8 cm³/mol. The molecule has 0 atom stereocenters. The molecule has 106 valence electrons. The Labute approximate surface area is 122 Å². The van der Waals surface area contributed by atoms with Crippen molar-refractivity contribution >= 4 is 0 Å². The van der Waals surface area contributed by atoms with Crippen molar-refractivity contribution in [1.82, 2.24) is 10.3 Å². The molecular formula is C18H24N2. The Bertz CT molecular complexity index is 544. The van der Waals surface area contributed by atoms with Crippen molar-refractivity contribution in [3.63, 3.8) is 0 Å². The molecular weight excluding hydrogens is 244 g/mol. The molecule has 2 nitrogen and oxygen atoms in total. The highest BCUT2D eigenvalue weighted by Crippen LogP contribution is 2.19. The summed E-state index contributed by atoms with van der Waals surface area (Å²) in [5, 5.41) is 3.47. The first-order valence-electron chi connectivity index (χ1n) is 7.45. The minimum absolute atomic E-state index is 0.910. The molecule has 2 heteroatoms. The number of benzene rings is 1. The van der Waals surface area contributed by atoms with E-state index < -0.39 is 0 Å². The van der Waals surface area contributed by atoms with Gasteiger partial charge < -0.3 is 5.32 Å². The summed E-state index contributed by atoms with van der Waals surface area (Å²) in [7, 11) is 0. The first kappa shape index (κ1) is 14.7. The number of nitrogens with one attached hydrogen (secondary N) is 1. The van der Waals surface area contributed by atoms with Crippen molar-refractivity contribution in [3.8, 4) is 11.3 Å². The van der Waals surface area contributed by atoms with Gasteiger partial charge in [-0.25, -0.2) is 0 Å². The molecule has 0 unspecified atom stereocenters. The van der Waals surface area contributed by atoms with Gasteiger partial charge in [-0.05, 0) is 38.4 Å². The molecule has 1 aromatic carbocycles. The summed E-state index contributed by atoms with van der Waals surface area (Å²) < 4.78 is 0. The topological polar surface area (TPSA) is 24.9 Å². The number of nitrogens with zero attached hydrogens (tertiary/aromatic N) is 1. The monoisotopic (exact) mass is 268 g/mol. The van der Waals surface area contributed by atoms with Crippen LogP contribution in [0.25, 0.3) is 11.3 Å². The molecule has 0 amide bonds. The maximum atomic E-state index is 4.73. The molecule has 0 bridgehead atoms. The lowest BCUT2D eigenvalue weighted by Crippen LogP contribution is -2.15. The van der Waals surface area contributed by atoms with Crippen LogP contribution in [0.5, 0.6) is 0 Å². The van der Waals surface area contributed by atoms with Crippen LogP contribution < -0.4 is 5.32 Å². The first-order valence-corrected chi connectivity index (χ1v) is 7.45. The lowest BCUT2D eigenvalue weighted by atomic mass is 10.1. The fourth-order valence-corrected chi connectivity index (χ4v) is 2.19. The van der Waals surface area contributed by atoms with Crippen LogP contribution in [0.4, 0.5) is 0 Å². The summed E-state index contributed by atoms with van der Waals surface area (Å²) in [6.45, 7) is 8.40. The second-order valence-corrected chi connectivity index (χ2v) is 5.34. The van der Waals surface area contributed by atoms with Gasteiger partial charge in [-0.2, -0.15) is 0 Å². The quantitative estimate of drug-likeness (QED) is 0.792. The van der Waals surface area contributed by atoms with Crippen LogP contribution >= 0.6 is 0 Å². The maximum Gasteiger partial charge on any atom is 0.0705 e. The third kappa shape index (κ3) is 3.91. The zero-order valence-corrected chi connectivity index (χ0v) is 12.7. The van der Waals surface area contributed by atoms with E-state index in [1.165, 1.54) is 29.5 Å². The summed E-state index contributed by atoms with van der Waals surface area (Å²) >= 11 is 0. The largest absolute Gasteiger partial charge is 0.313 e. The van der Waals surface area contributed by atoms with Gasteiger partial charge in [0.25, 0.3) is 0 Å². The molecule has 0 spiro atoms. The third-order valence-corrected chi connectivity index (χ3v) is 3.57. The zero-order valence-electron chi connectivity index (χ0n) is 12.7. The number of unbranched alkanes of at least 4 members (excludes halogenated alkanes) is 1. The van der Waals surface area contributed by atoms with Crippen LogP contribution in [0.15, 0.2) is 36.4 Å². The van der Waals surface area contributed by atoms with Crippen molar-refractivity contribution < 1.29 is 0 Å². The molecule has 1 heterocycles. The minimum Gasteiger partial charge on any atom is -0.313 e. The molecule has 1 N–H and O–H groups in total. The molecule has 0 radical (unpaired) electrons. The second kappa shape index (κ2) is 7.20. The molecule has 0 aliphatic rings. The number of hydrogen-bond donors (Lipinski definition) is 1. The van der Waals surface area contributed by atoms with Crippen molar-refractivity contribution in [1.29, 1.82) is 0 Å². The Balaban J connectivity index is 2.07. The van der Waals surface area contributed by atoms with Gasteiger partial charge in [-0.15, -0.1) is 0 Å². The van der Waals surface area contributed by atoms with Crippen molar-refractivity contribution in [2.75, 3.05) is 6.54 Å². The van der Waals surface area contributed by atoms with Crippen LogP contribution in [0.1, 0.15) is 36.6 Å². The van der Waals surface area contributed by atoms with Crippen LogP contribution in [-0.2, 0) is 6.54 Å². The van der Waals surface area contributed by atoms with E-state index in [2.05, 4.69) is 62.5 Å². The smallest absolute Gasteiger partial charge is 0.0705 e. The summed E-state index contributed by atoms with van der Waals surface area (Å²) in [4.78, 5) is 4.73. The fourth-order valence-electron chi connectivity index (χ4n) is 2.19. The van der Waals surface area contributed by atoms with Crippen molar-refractivity contribution in [2.24, 2.45) is 0 Å². The standard InChI is InChI=1S/C18H24N2/c1-4-5-12-19-13-17-10-11-18(20-15(17)3)16-8-6-14(2)7-9-16/h6-11,19H,4-5,12-13H2,1-3H3. The molecule has 20 heavy (non-hydrogen) atoms. The molecule has 0 saturated heterocycles. The predicted octanol–water partition coefficient (Wildman–Crippen LogP) is 4.26. The lowest BCUT2D eigenvalue weighted by molar-refractivity contribution is 0.638. The molecule has 0 saturated carbocycles. The fraction of sp³-hybridized carbons (Fsp3) is 0.389.